The number of rotatable bonds is 6. The molecule has 5 heteroatoms. The molecule has 1 unspecified atom stereocenters. The number of halogens is 1. The van der Waals surface area contributed by atoms with Crippen LogP contribution in [0.5, 0.6) is 0 Å². The number of thiophene rings is 1. The third-order valence-electron chi connectivity index (χ3n) is 2.82. The topological polar surface area (TPSA) is 37.8 Å². The van der Waals surface area contributed by atoms with Crippen molar-refractivity contribution in [2.45, 2.75) is 38.5 Å². The van der Waals surface area contributed by atoms with Crippen LogP contribution < -0.4 is 5.32 Å². The smallest absolute Gasteiger partial charge is 0.138 e. The van der Waals surface area contributed by atoms with E-state index in [-0.39, 0.29) is 5.38 Å². The van der Waals surface area contributed by atoms with E-state index in [0.29, 0.717) is 0 Å². The minimum absolute atomic E-state index is 0.157. The van der Waals surface area contributed by atoms with Crippen molar-refractivity contribution in [2.75, 3.05) is 11.9 Å². The zero-order valence-electron chi connectivity index (χ0n) is 10.7. The zero-order chi connectivity index (χ0) is 13.0. The molecule has 0 amide bonds. The van der Waals surface area contributed by atoms with Crippen molar-refractivity contribution in [3.8, 4) is 0 Å². The molecule has 2 rings (SSSR count). The Kier molecular flexibility index (Phi) is 4.78. The lowest BCUT2D eigenvalue weighted by atomic mass is 10.2. The maximum atomic E-state index is 6.21. The van der Waals surface area contributed by atoms with E-state index >= 15 is 0 Å². The largest absolute Gasteiger partial charge is 0.368 e. The average molecular weight is 284 g/mol. The summed E-state index contributed by atoms with van der Waals surface area (Å²) in [6, 6.07) is 2.17. The fraction of sp³-hybridized carbons (Fsp3) is 0.538. The predicted octanol–water partition coefficient (Wildman–Crippen LogP) is 4.07. The van der Waals surface area contributed by atoms with Crippen LogP contribution in [0.1, 0.15) is 31.6 Å². The van der Waals surface area contributed by atoms with Crippen LogP contribution in [0.2, 0.25) is 0 Å². The standard InChI is InChI=1S/C13H18ClN3S/c1-3-5-9(14)7-15-12-11-6-10(4-2)18-13(11)17-8-16-12/h6,8-9H,3-5,7H2,1-2H3,(H,15,16,17). The van der Waals surface area contributed by atoms with Crippen LogP contribution in [0.3, 0.4) is 0 Å². The van der Waals surface area contributed by atoms with E-state index in [0.717, 1.165) is 41.8 Å². The highest BCUT2D eigenvalue weighted by molar-refractivity contribution is 7.18. The summed E-state index contributed by atoms with van der Waals surface area (Å²) in [4.78, 5) is 11.0. The molecule has 2 heterocycles. The molecule has 0 radical (unpaired) electrons. The first kappa shape index (κ1) is 13.6. The molecule has 0 aliphatic heterocycles. The van der Waals surface area contributed by atoms with E-state index in [1.165, 1.54) is 4.88 Å². The summed E-state index contributed by atoms with van der Waals surface area (Å²) >= 11 is 7.94. The van der Waals surface area contributed by atoms with Gasteiger partial charge in [0.15, 0.2) is 0 Å². The lowest BCUT2D eigenvalue weighted by molar-refractivity contribution is 0.751. The van der Waals surface area contributed by atoms with Crippen molar-refractivity contribution in [3.63, 3.8) is 0 Å². The van der Waals surface area contributed by atoms with Gasteiger partial charge in [-0.05, 0) is 18.9 Å². The van der Waals surface area contributed by atoms with Crippen LogP contribution in [-0.2, 0) is 6.42 Å². The van der Waals surface area contributed by atoms with Crippen LogP contribution in [-0.4, -0.2) is 21.9 Å². The van der Waals surface area contributed by atoms with Gasteiger partial charge in [0.05, 0.1) is 10.8 Å². The van der Waals surface area contributed by atoms with Crippen molar-refractivity contribution in [1.29, 1.82) is 0 Å². The fourth-order valence-corrected chi connectivity index (χ4v) is 3.07. The van der Waals surface area contributed by atoms with Gasteiger partial charge in [0.1, 0.15) is 17.0 Å². The van der Waals surface area contributed by atoms with E-state index in [1.807, 2.05) is 0 Å². The van der Waals surface area contributed by atoms with E-state index in [4.69, 9.17) is 11.6 Å². The van der Waals surface area contributed by atoms with Gasteiger partial charge in [-0.25, -0.2) is 9.97 Å². The van der Waals surface area contributed by atoms with Crippen molar-refractivity contribution in [1.82, 2.24) is 9.97 Å². The number of nitrogens with one attached hydrogen (secondary N) is 1. The van der Waals surface area contributed by atoms with Crippen LogP contribution >= 0.6 is 22.9 Å². The Hall–Kier alpha value is -0.870. The second kappa shape index (κ2) is 6.34. The molecule has 1 atom stereocenters. The van der Waals surface area contributed by atoms with E-state index in [2.05, 4.69) is 35.2 Å². The molecule has 2 aromatic heterocycles. The maximum Gasteiger partial charge on any atom is 0.138 e. The zero-order valence-corrected chi connectivity index (χ0v) is 12.3. The second-order valence-corrected chi connectivity index (χ2v) is 6.01. The van der Waals surface area contributed by atoms with Gasteiger partial charge >= 0.3 is 0 Å². The fourth-order valence-electron chi connectivity index (χ4n) is 1.84. The third kappa shape index (κ3) is 3.12. The summed E-state index contributed by atoms with van der Waals surface area (Å²) in [5.74, 6) is 0.901. The first-order valence-corrected chi connectivity index (χ1v) is 7.61. The molecule has 0 spiro atoms. The van der Waals surface area contributed by atoms with Gasteiger partial charge in [-0.15, -0.1) is 22.9 Å². The second-order valence-electron chi connectivity index (χ2n) is 4.27. The molecule has 0 fully saturated rings. The van der Waals surface area contributed by atoms with Crippen molar-refractivity contribution < 1.29 is 0 Å². The van der Waals surface area contributed by atoms with Gasteiger partial charge in [0, 0.05) is 11.4 Å². The number of hydrogen-bond donors (Lipinski definition) is 1. The summed E-state index contributed by atoms with van der Waals surface area (Å²) in [7, 11) is 0. The Bertz CT molecular complexity index is 512. The quantitative estimate of drug-likeness (QED) is 0.812. The summed E-state index contributed by atoms with van der Waals surface area (Å²) in [5.41, 5.74) is 0. The summed E-state index contributed by atoms with van der Waals surface area (Å²) < 4.78 is 0. The number of fused-ring (bicyclic) bond motifs is 1. The van der Waals surface area contributed by atoms with Crippen molar-refractivity contribution >= 4 is 39.0 Å². The summed E-state index contributed by atoms with van der Waals surface area (Å²) in [6.07, 6.45) is 4.78. The van der Waals surface area contributed by atoms with Crippen molar-refractivity contribution in [3.05, 3.63) is 17.3 Å². The molecule has 0 saturated carbocycles. The van der Waals surface area contributed by atoms with Gasteiger partial charge in [0.25, 0.3) is 0 Å². The molecule has 0 aliphatic rings. The lowest BCUT2D eigenvalue weighted by Crippen LogP contribution is -2.14. The molecule has 1 N–H and O–H groups in total. The van der Waals surface area contributed by atoms with E-state index < -0.39 is 0 Å². The third-order valence-corrected chi connectivity index (χ3v) is 4.38. The van der Waals surface area contributed by atoms with Gasteiger partial charge in [-0.1, -0.05) is 20.3 Å². The van der Waals surface area contributed by atoms with Crippen LogP contribution in [0, 0.1) is 0 Å². The minimum atomic E-state index is 0.157. The molecular weight excluding hydrogens is 266 g/mol. The van der Waals surface area contributed by atoms with Gasteiger partial charge in [-0.2, -0.15) is 0 Å². The Morgan fingerprint density at radius 3 is 2.94 bits per heavy atom. The highest BCUT2D eigenvalue weighted by Gasteiger charge is 2.09. The van der Waals surface area contributed by atoms with Gasteiger partial charge in [0.2, 0.25) is 0 Å². The molecule has 0 aliphatic carbocycles. The molecule has 0 bridgehead atoms. The molecule has 3 nitrogen and oxygen atoms in total. The van der Waals surface area contributed by atoms with Crippen LogP contribution in [0.15, 0.2) is 12.4 Å². The lowest BCUT2D eigenvalue weighted by Gasteiger charge is -2.10. The number of aromatic nitrogens is 2. The first-order valence-electron chi connectivity index (χ1n) is 6.36. The maximum absolute atomic E-state index is 6.21. The van der Waals surface area contributed by atoms with Crippen molar-refractivity contribution in [2.24, 2.45) is 0 Å². The summed E-state index contributed by atoms with van der Waals surface area (Å²) in [5, 5.41) is 4.60. The number of hydrogen-bond acceptors (Lipinski definition) is 4. The van der Waals surface area contributed by atoms with Gasteiger partial charge in [-0.3, -0.25) is 0 Å². The minimum Gasteiger partial charge on any atom is -0.368 e. The molecule has 18 heavy (non-hydrogen) atoms. The highest BCUT2D eigenvalue weighted by Crippen LogP contribution is 2.28. The molecule has 98 valence electrons. The number of aryl methyl sites for hydroxylation is 1. The number of nitrogens with zero attached hydrogens (tertiary/aromatic N) is 2. The SMILES string of the molecule is CCCC(Cl)CNc1ncnc2sc(CC)cc12. The molecule has 0 aromatic carbocycles. The monoisotopic (exact) mass is 283 g/mol. The van der Waals surface area contributed by atoms with Crippen LogP contribution in [0.4, 0.5) is 5.82 Å². The Morgan fingerprint density at radius 1 is 1.39 bits per heavy atom. The number of anilines is 1. The molecular formula is C13H18ClN3S. The molecule has 2 aromatic rings. The summed E-state index contributed by atoms with van der Waals surface area (Å²) in [6.45, 7) is 5.05. The predicted molar refractivity (Wildman–Crippen MR) is 79.8 cm³/mol. The Labute approximate surface area is 117 Å². The van der Waals surface area contributed by atoms with Crippen LogP contribution in [0.25, 0.3) is 10.2 Å². The van der Waals surface area contributed by atoms with E-state index in [1.54, 1.807) is 17.7 Å². The first-order chi connectivity index (χ1) is 8.74. The Balaban J connectivity index is 2.14. The molecule has 0 saturated heterocycles. The Morgan fingerprint density at radius 2 is 2.22 bits per heavy atom. The van der Waals surface area contributed by atoms with E-state index in [9.17, 15) is 0 Å². The average Bonchev–Trinajstić information content (AvgIpc) is 2.80. The normalized spacial score (nSPS) is 12.8. The highest BCUT2D eigenvalue weighted by atomic mass is 35.5. The number of alkyl halides is 1. The van der Waals surface area contributed by atoms with Gasteiger partial charge < -0.3 is 5.32 Å².